The summed E-state index contributed by atoms with van der Waals surface area (Å²) in [5.41, 5.74) is 3.58. The minimum absolute atomic E-state index is 0.300. The van der Waals surface area contributed by atoms with E-state index < -0.39 is 0 Å². The molecule has 0 spiro atoms. The zero-order valence-electron chi connectivity index (χ0n) is 15.6. The van der Waals surface area contributed by atoms with Crippen molar-refractivity contribution in [3.63, 3.8) is 0 Å². The van der Waals surface area contributed by atoms with Crippen LogP contribution in [0, 0.1) is 24.2 Å². The zero-order chi connectivity index (χ0) is 17.1. The molecular formula is C23H31NO. The Morgan fingerprint density at radius 2 is 1.68 bits per heavy atom. The summed E-state index contributed by atoms with van der Waals surface area (Å²) < 4.78 is 0. The Hall–Kier alpha value is -1.31. The third-order valence-corrected chi connectivity index (χ3v) is 7.83. The number of benzene rings is 1. The first-order chi connectivity index (χ1) is 12.1. The maximum atomic E-state index is 12.9. The maximum Gasteiger partial charge on any atom is 0.223 e. The lowest BCUT2D eigenvalue weighted by atomic mass is 9.42. The van der Waals surface area contributed by atoms with Crippen LogP contribution < -0.4 is 0 Å². The van der Waals surface area contributed by atoms with E-state index in [-0.39, 0.29) is 0 Å². The molecule has 1 aromatic carbocycles. The lowest BCUT2D eigenvalue weighted by Gasteiger charge is -2.62. The van der Waals surface area contributed by atoms with Crippen molar-refractivity contribution in [3.05, 3.63) is 35.4 Å². The summed E-state index contributed by atoms with van der Waals surface area (Å²) in [5, 5.41) is 0. The molecule has 0 radical (unpaired) electrons. The van der Waals surface area contributed by atoms with Gasteiger partial charge in [-0.05, 0) is 86.5 Å². The van der Waals surface area contributed by atoms with E-state index in [9.17, 15) is 4.79 Å². The highest BCUT2D eigenvalue weighted by atomic mass is 16.2. The summed E-state index contributed by atoms with van der Waals surface area (Å²) in [6.45, 7) is 4.19. The van der Waals surface area contributed by atoms with Gasteiger partial charge in [-0.2, -0.15) is 0 Å². The maximum absolute atomic E-state index is 12.9. The first-order valence-electron chi connectivity index (χ1n) is 10.4. The van der Waals surface area contributed by atoms with Crippen LogP contribution in [0.1, 0.15) is 68.9 Å². The number of nitrogens with zero attached hydrogens (tertiary/aromatic N) is 1. The predicted molar refractivity (Wildman–Crippen MR) is 100 cm³/mol. The van der Waals surface area contributed by atoms with Crippen LogP contribution in [0.15, 0.2) is 24.3 Å². The highest BCUT2D eigenvalue weighted by Crippen LogP contribution is 2.66. The summed E-state index contributed by atoms with van der Waals surface area (Å²) >= 11 is 0. The Morgan fingerprint density at radius 3 is 2.32 bits per heavy atom. The van der Waals surface area contributed by atoms with E-state index in [1.807, 2.05) is 0 Å². The van der Waals surface area contributed by atoms with Crippen LogP contribution >= 0.6 is 0 Å². The van der Waals surface area contributed by atoms with Crippen molar-refractivity contribution in [1.82, 2.24) is 4.90 Å². The predicted octanol–water partition coefficient (Wildman–Crippen LogP) is 4.85. The molecule has 2 nitrogen and oxygen atoms in total. The molecule has 2 unspecified atom stereocenters. The lowest BCUT2D eigenvalue weighted by Crippen LogP contribution is -2.55. The molecule has 0 N–H and O–H groups in total. The number of hydrogen-bond donors (Lipinski definition) is 0. The van der Waals surface area contributed by atoms with E-state index in [1.165, 1.54) is 56.9 Å². The van der Waals surface area contributed by atoms with Crippen molar-refractivity contribution in [3.8, 4) is 0 Å². The average Bonchev–Trinajstić information content (AvgIpc) is 3.08. The van der Waals surface area contributed by atoms with Crippen LogP contribution in [0.25, 0.3) is 0 Å². The van der Waals surface area contributed by atoms with Gasteiger partial charge in [0.2, 0.25) is 5.91 Å². The van der Waals surface area contributed by atoms with Gasteiger partial charge < -0.3 is 4.90 Å². The van der Waals surface area contributed by atoms with Gasteiger partial charge in [0.25, 0.3) is 0 Å². The molecule has 1 aromatic rings. The van der Waals surface area contributed by atoms with Crippen molar-refractivity contribution in [2.24, 2.45) is 17.3 Å². The molecule has 5 aliphatic rings. The van der Waals surface area contributed by atoms with Crippen LogP contribution in [-0.4, -0.2) is 23.9 Å². The number of carbonyl (C=O) groups excluding carboxylic acids is 1. The smallest absolute Gasteiger partial charge is 0.223 e. The standard InChI is InChI=1S/C23H31NO/c1-17-4-6-20(7-5-17)23-13-18-10-19(14-23)12-22(11-18,16-23)15-21(25)24-8-2-3-9-24/h4-7,18-19H,2-3,8-16H2,1H3. The van der Waals surface area contributed by atoms with Crippen molar-refractivity contribution in [2.75, 3.05) is 13.1 Å². The van der Waals surface area contributed by atoms with Crippen molar-refractivity contribution >= 4 is 5.91 Å². The summed E-state index contributed by atoms with van der Waals surface area (Å²) in [4.78, 5) is 15.1. The molecule has 134 valence electrons. The highest BCUT2D eigenvalue weighted by molar-refractivity contribution is 5.77. The number of amides is 1. The normalized spacial score (nSPS) is 39.2. The zero-order valence-corrected chi connectivity index (χ0v) is 15.6. The average molecular weight is 338 g/mol. The first kappa shape index (κ1) is 15.9. The Kier molecular flexibility index (Phi) is 3.56. The molecule has 4 bridgehead atoms. The largest absolute Gasteiger partial charge is 0.343 e. The van der Waals surface area contributed by atoms with Gasteiger partial charge in [0, 0.05) is 19.5 Å². The van der Waals surface area contributed by atoms with Gasteiger partial charge in [0.1, 0.15) is 0 Å². The van der Waals surface area contributed by atoms with Crippen molar-refractivity contribution in [2.45, 2.75) is 70.1 Å². The number of rotatable bonds is 3. The Balaban J connectivity index is 1.44. The van der Waals surface area contributed by atoms with Gasteiger partial charge in [-0.1, -0.05) is 29.8 Å². The van der Waals surface area contributed by atoms with Crippen LogP contribution in [-0.2, 0) is 10.2 Å². The summed E-state index contributed by atoms with van der Waals surface area (Å²) in [6.07, 6.45) is 11.3. The molecule has 4 saturated carbocycles. The third-order valence-electron chi connectivity index (χ3n) is 7.83. The van der Waals surface area contributed by atoms with Crippen LogP contribution in [0.3, 0.4) is 0 Å². The van der Waals surface area contributed by atoms with E-state index in [1.54, 1.807) is 5.56 Å². The summed E-state index contributed by atoms with van der Waals surface area (Å²) in [7, 11) is 0. The second-order valence-electron chi connectivity index (χ2n) is 9.87. The summed E-state index contributed by atoms with van der Waals surface area (Å²) in [6, 6.07) is 9.35. The topological polar surface area (TPSA) is 20.3 Å². The molecule has 4 aliphatic carbocycles. The minimum Gasteiger partial charge on any atom is -0.343 e. The number of likely N-dealkylation sites (tertiary alicyclic amines) is 1. The molecule has 1 aliphatic heterocycles. The first-order valence-corrected chi connectivity index (χ1v) is 10.4. The minimum atomic E-state index is 0.300. The van der Waals surface area contributed by atoms with Gasteiger partial charge in [-0.3, -0.25) is 4.79 Å². The van der Waals surface area contributed by atoms with Gasteiger partial charge >= 0.3 is 0 Å². The lowest BCUT2D eigenvalue weighted by molar-refractivity contribution is -0.140. The van der Waals surface area contributed by atoms with Gasteiger partial charge in [0.15, 0.2) is 0 Å². The fraction of sp³-hybridized carbons (Fsp3) is 0.696. The Morgan fingerprint density at radius 1 is 1.04 bits per heavy atom. The highest BCUT2D eigenvalue weighted by Gasteiger charge is 2.58. The molecular weight excluding hydrogens is 306 g/mol. The monoisotopic (exact) mass is 337 g/mol. The second-order valence-corrected chi connectivity index (χ2v) is 9.87. The van der Waals surface area contributed by atoms with Crippen molar-refractivity contribution < 1.29 is 4.79 Å². The molecule has 5 fully saturated rings. The van der Waals surface area contributed by atoms with E-state index in [0.717, 1.165) is 31.3 Å². The molecule has 1 heterocycles. The fourth-order valence-corrected chi connectivity index (χ4v) is 7.30. The van der Waals surface area contributed by atoms with Crippen LogP contribution in [0.4, 0.5) is 0 Å². The molecule has 6 rings (SSSR count). The number of aryl methyl sites for hydroxylation is 1. The van der Waals surface area contributed by atoms with Crippen LogP contribution in [0.5, 0.6) is 0 Å². The van der Waals surface area contributed by atoms with Gasteiger partial charge in [0.05, 0.1) is 0 Å². The van der Waals surface area contributed by atoms with E-state index in [2.05, 4.69) is 36.1 Å². The number of carbonyl (C=O) groups is 1. The Bertz CT molecular complexity index is 656. The fourth-order valence-electron chi connectivity index (χ4n) is 7.30. The summed E-state index contributed by atoms with van der Waals surface area (Å²) in [5.74, 6) is 2.17. The van der Waals surface area contributed by atoms with Crippen LogP contribution in [0.2, 0.25) is 0 Å². The number of hydrogen-bond acceptors (Lipinski definition) is 1. The van der Waals surface area contributed by atoms with Crippen molar-refractivity contribution in [1.29, 1.82) is 0 Å². The SMILES string of the molecule is Cc1ccc(C23CC4CC(CC(CC(=O)N5CCCC5)(C4)C2)C3)cc1. The molecule has 1 amide bonds. The van der Waals surface area contributed by atoms with E-state index in [4.69, 9.17) is 0 Å². The third kappa shape index (κ3) is 2.64. The molecule has 2 atom stereocenters. The van der Waals surface area contributed by atoms with Gasteiger partial charge in [-0.25, -0.2) is 0 Å². The van der Waals surface area contributed by atoms with E-state index >= 15 is 0 Å². The quantitative estimate of drug-likeness (QED) is 0.772. The van der Waals surface area contributed by atoms with E-state index in [0.29, 0.717) is 16.7 Å². The molecule has 25 heavy (non-hydrogen) atoms. The Labute approximate surface area is 152 Å². The molecule has 1 saturated heterocycles. The molecule has 2 heteroatoms. The molecule has 0 aromatic heterocycles. The van der Waals surface area contributed by atoms with Gasteiger partial charge in [-0.15, -0.1) is 0 Å². The second kappa shape index (κ2) is 5.59.